The van der Waals surface area contributed by atoms with Gasteiger partial charge in [-0.05, 0) is 6.42 Å². The Labute approximate surface area is 76.7 Å². The number of alkyl halides is 2. The molecule has 13 heavy (non-hydrogen) atoms. The van der Waals surface area contributed by atoms with E-state index in [0.717, 1.165) is 0 Å². The quantitative estimate of drug-likeness (QED) is 0.678. The zero-order valence-corrected chi connectivity index (χ0v) is 7.94. The Balaban J connectivity index is 3.83. The molecule has 3 nitrogen and oxygen atoms in total. The van der Waals surface area contributed by atoms with E-state index < -0.39 is 19.0 Å². The van der Waals surface area contributed by atoms with Crippen molar-refractivity contribution in [1.82, 2.24) is 5.32 Å². The summed E-state index contributed by atoms with van der Waals surface area (Å²) in [5, 5.41) is 2.16. The van der Waals surface area contributed by atoms with Crippen LogP contribution < -0.4 is 11.1 Å². The maximum atomic E-state index is 12.5. The van der Waals surface area contributed by atoms with E-state index in [1.165, 1.54) is 0 Å². The minimum absolute atomic E-state index is 0.228. The van der Waals surface area contributed by atoms with Crippen molar-refractivity contribution in [2.75, 3.05) is 13.1 Å². The van der Waals surface area contributed by atoms with Gasteiger partial charge in [0.1, 0.15) is 0 Å². The van der Waals surface area contributed by atoms with Gasteiger partial charge >= 0.3 is 0 Å². The minimum Gasteiger partial charge on any atom is -0.350 e. The van der Waals surface area contributed by atoms with Crippen molar-refractivity contribution < 1.29 is 13.6 Å². The van der Waals surface area contributed by atoms with Crippen molar-refractivity contribution in [3.05, 3.63) is 0 Å². The third kappa shape index (κ3) is 4.77. The summed E-state index contributed by atoms with van der Waals surface area (Å²) in [6.45, 7) is 2.10. The van der Waals surface area contributed by atoms with Gasteiger partial charge in [-0.15, -0.1) is 0 Å². The Hall–Kier alpha value is -0.710. The zero-order valence-electron chi connectivity index (χ0n) is 7.94. The SMILES string of the molecule is CCC(C)C(=O)NCC(F)(F)CN. The van der Waals surface area contributed by atoms with Crippen LogP contribution in [0.5, 0.6) is 0 Å². The van der Waals surface area contributed by atoms with Gasteiger partial charge in [0.2, 0.25) is 5.91 Å². The van der Waals surface area contributed by atoms with Crippen LogP contribution in [-0.2, 0) is 4.79 Å². The molecule has 0 rings (SSSR count). The topological polar surface area (TPSA) is 55.1 Å². The molecule has 0 aromatic carbocycles. The standard InChI is InChI=1S/C8H16F2N2O/c1-3-6(2)7(13)12-5-8(9,10)4-11/h6H,3-5,11H2,1-2H3,(H,12,13). The lowest BCUT2D eigenvalue weighted by Gasteiger charge is -2.16. The molecule has 1 unspecified atom stereocenters. The van der Waals surface area contributed by atoms with Crippen LogP contribution in [0.15, 0.2) is 0 Å². The van der Waals surface area contributed by atoms with Gasteiger partial charge in [-0.1, -0.05) is 13.8 Å². The molecule has 0 aliphatic rings. The first-order chi connectivity index (χ1) is 5.93. The van der Waals surface area contributed by atoms with Gasteiger partial charge in [0.05, 0.1) is 13.1 Å². The molecule has 0 spiro atoms. The van der Waals surface area contributed by atoms with E-state index in [1.807, 2.05) is 6.92 Å². The van der Waals surface area contributed by atoms with Gasteiger partial charge in [0, 0.05) is 5.92 Å². The molecular weight excluding hydrogens is 178 g/mol. The zero-order chi connectivity index (χ0) is 10.5. The maximum Gasteiger partial charge on any atom is 0.277 e. The van der Waals surface area contributed by atoms with Crippen molar-refractivity contribution in [1.29, 1.82) is 0 Å². The molecule has 0 saturated heterocycles. The normalized spacial score (nSPS) is 13.9. The van der Waals surface area contributed by atoms with Crippen LogP contribution in [0.25, 0.3) is 0 Å². The molecule has 0 aromatic rings. The first-order valence-electron chi connectivity index (χ1n) is 4.28. The smallest absolute Gasteiger partial charge is 0.277 e. The van der Waals surface area contributed by atoms with E-state index in [9.17, 15) is 13.6 Å². The average molecular weight is 194 g/mol. The van der Waals surface area contributed by atoms with E-state index in [4.69, 9.17) is 5.73 Å². The minimum atomic E-state index is -3.00. The molecule has 0 aromatic heterocycles. The van der Waals surface area contributed by atoms with Crippen molar-refractivity contribution in [3.8, 4) is 0 Å². The number of carbonyl (C=O) groups is 1. The highest BCUT2D eigenvalue weighted by molar-refractivity contribution is 5.78. The fourth-order valence-corrected chi connectivity index (χ4v) is 0.648. The lowest BCUT2D eigenvalue weighted by Crippen LogP contribution is -2.43. The first kappa shape index (κ1) is 12.3. The number of halogens is 2. The summed E-state index contributed by atoms with van der Waals surface area (Å²) in [6.07, 6.45) is 0.639. The highest BCUT2D eigenvalue weighted by Gasteiger charge is 2.27. The largest absolute Gasteiger partial charge is 0.350 e. The average Bonchev–Trinajstić information content (AvgIpc) is 2.13. The lowest BCUT2D eigenvalue weighted by atomic mass is 10.1. The molecule has 1 atom stereocenters. The molecular formula is C8H16F2N2O. The van der Waals surface area contributed by atoms with E-state index >= 15 is 0 Å². The Morgan fingerprint density at radius 1 is 1.62 bits per heavy atom. The van der Waals surface area contributed by atoms with E-state index in [0.29, 0.717) is 6.42 Å². The first-order valence-corrected chi connectivity index (χ1v) is 4.28. The number of nitrogens with two attached hydrogens (primary N) is 1. The molecule has 0 radical (unpaired) electrons. The summed E-state index contributed by atoms with van der Waals surface area (Å²) in [4.78, 5) is 11.1. The molecule has 5 heteroatoms. The number of rotatable bonds is 5. The van der Waals surface area contributed by atoms with Gasteiger partial charge in [-0.2, -0.15) is 0 Å². The number of hydrogen-bond donors (Lipinski definition) is 2. The number of amides is 1. The van der Waals surface area contributed by atoms with Crippen LogP contribution in [-0.4, -0.2) is 24.9 Å². The molecule has 0 aliphatic carbocycles. The van der Waals surface area contributed by atoms with E-state index in [-0.39, 0.29) is 11.8 Å². The summed E-state index contributed by atoms with van der Waals surface area (Å²) >= 11 is 0. The predicted molar refractivity (Wildman–Crippen MR) is 46.5 cm³/mol. The third-order valence-electron chi connectivity index (χ3n) is 1.88. The van der Waals surface area contributed by atoms with Crippen LogP contribution in [0.3, 0.4) is 0 Å². The van der Waals surface area contributed by atoms with Crippen LogP contribution in [0, 0.1) is 5.92 Å². The summed E-state index contributed by atoms with van der Waals surface area (Å²) in [5.41, 5.74) is 4.80. The highest BCUT2D eigenvalue weighted by atomic mass is 19.3. The van der Waals surface area contributed by atoms with E-state index in [2.05, 4.69) is 5.32 Å². The Morgan fingerprint density at radius 2 is 2.15 bits per heavy atom. The van der Waals surface area contributed by atoms with Gasteiger partial charge in [-0.25, -0.2) is 8.78 Å². The van der Waals surface area contributed by atoms with Gasteiger partial charge in [0.25, 0.3) is 5.92 Å². The Bertz CT molecular complexity index is 174. The van der Waals surface area contributed by atoms with Crippen molar-refractivity contribution in [3.63, 3.8) is 0 Å². The predicted octanol–water partition coefficient (Wildman–Crippen LogP) is 0.743. The van der Waals surface area contributed by atoms with Crippen LogP contribution in [0.1, 0.15) is 20.3 Å². The van der Waals surface area contributed by atoms with Crippen LogP contribution in [0.2, 0.25) is 0 Å². The summed E-state index contributed by atoms with van der Waals surface area (Å²) in [7, 11) is 0. The number of hydrogen-bond acceptors (Lipinski definition) is 2. The van der Waals surface area contributed by atoms with Gasteiger partial charge in [-0.3, -0.25) is 4.79 Å². The lowest BCUT2D eigenvalue weighted by molar-refractivity contribution is -0.126. The van der Waals surface area contributed by atoms with Crippen LogP contribution >= 0.6 is 0 Å². The summed E-state index contributed by atoms with van der Waals surface area (Å²) in [6, 6.07) is 0. The Morgan fingerprint density at radius 3 is 2.54 bits per heavy atom. The van der Waals surface area contributed by atoms with Gasteiger partial charge in [0.15, 0.2) is 0 Å². The third-order valence-corrected chi connectivity index (χ3v) is 1.88. The molecule has 78 valence electrons. The fourth-order valence-electron chi connectivity index (χ4n) is 0.648. The summed E-state index contributed by atoms with van der Waals surface area (Å²) in [5.74, 6) is -3.58. The monoisotopic (exact) mass is 194 g/mol. The number of nitrogens with one attached hydrogen (secondary N) is 1. The second-order valence-electron chi connectivity index (χ2n) is 3.09. The van der Waals surface area contributed by atoms with Crippen LogP contribution in [0.4, 0.5) is 8.78 Å². The molecule has 0 heterocycles. The van der Waals surface area contributed by atoms with Crippen molar-refractivity contribution in [2.24, 2.45) is 11.7 Å². The Kier molecular flexibility index (Phi) is 4.83. The molecule has 3 N–H and O–H groups in total. The number of carbonyl (C=O) groups excluding carboxylic acids is 1. The molecule has 0 aliphatic heterocycles. The molecule has 0 fully saturated rings. The van der Waals surface area contributed by atoms with Crippen molar-refractivity contribution >= 4 is 5.91 Å². The second-order valence-corrected chi connectivity index (χ2v) is 3.09. The van der Waals surface area contributed by atoms with Crippen molar-refractivity contribution in [2.45, 2.75) is 26.2 Å². The second kappa shape index (κ2) is 5.11. The molecule has 1 amide bonds. The fraction of sp³-hybridized carbons (Fsp3) is 0.875. The van der Waals surface area contributed by atoms with Gasteiger partial charge < -0.3 is 11.1 Å². The highest BCUT2D eigenvalue weighted by Crippen LogP contribution is 2.09. The van der Waals surface area contributed by atoms with E-state index in [1.54, 1.807) is 6.92 Å². The maximum absolute atomic E-state index is 12.5. The molecule has 0 saturated carbocycles. The molecule has 0 bridgehead atoms. The summed E-state index contributed by atoms with van der Waals surface area (Å²) < 4.78 is 25.1.